The SMILES string of the molecule is C[N+](C)(C)CCCCOC(=O)c1ccc(I)cc1.[I-]. The van der Waals surface area contributed by atoms with Crippen LogP contribution < -0.4 is 24.0 Å². The number of rotatable bonds is 6. The summed E-state index contributed by atoms with van der Waals surface area (Å²) in [5, 5.41) is 0. The largest absolute Gasteiger partial charge is 1.00 e. The number of carbonyl (C=O) groups excluding carboxylic acids is 1. The van der Waals surface area contributed by atoms with Crippen LogP contribution in [0.1, 0.15) is 23.2 Å². The average Bonchev–Trinajstić information content (AvgIpc) is 2.27. The fourth-order valence-corrected chi connectivity index (χ4v) is 1.88. The van der Waals surface area contributed by atoms with E-state index in [0.717, 1.165) is 27.4 Å². The topological polar surface area (TPSA) is 26.3 Å². The summed E-state index contributed by atoms with van der Waals surface area (Å²) in [6, 6.07) is 7.43. The van der Waals surface area contributed by atoms with E-state index in [1.54, 1.807) is 12.1 Å². The molecular formula is C14H21I2NO2. The van der Waals surface area contributed by atoms with Crippen LogP contribution in [-0.4, -0.2) is 44.7 Å². The number of carbonyl (C=O) groups is 1. The second-order valence-electron chi connectivity index (χ2n) is 5.36. The highest BCUT2D eigenvalue weighted by atomic mass is 127. The molecule has 19 heavy (non-hydrogen) atoms. The number of quaternary nitrogens is 1. The van der Waals surface area contributed by atoms with E-state index in [9.17, 15) is 4.79 Å². The first-order valence-electron chi connectivity index (χ1n) is 6.12. The van der Waals surface area contributed by atoms with Crippen LogP contribution in [0.2, 0.25) is 0 Å². The van der Waals surface area contributed by atoms with Gasteiger partial charge in [0.25, 0.3) is 0 Å². The van der Waals surface area contributed by atoms with Gasteiger partial charge in [0.05, 0.1) is 39.9 Å². The van der Waals surface area contributed by atoms with E-state index < -0.39 is 0 Å². The molecule has 0 fully saturated rings. The summed E-state index contributed by atoms with van der Waals surface area (Å²) in [5.41, 5.74) is 0.627. The van der Waals surface area contributed by atoms with Gasteiger partial charge < -0.3 is 33.2 Å². The van der Waals surface area contributed by atoms with Gasteiger partial charge in [-0.1, -0.05) is 0 Å². The Morgan fingerprint density at radius 1 is 1.16 bits per heavy atom. The lowest BCUT2D eigenvalue weighted by Gasteiger charge is -2.23. The maximum absolute atomic E-state index is 11.7. The van der Waals surface area contributed by atoms with Crippen molar-refractivity contribution in [1.82, 2.24) is 0 Å². The number of ether oxygens (including phenoxy) is 1. The molecule has 0 heterocycles. The van der Waals surface area contributed by atoms with Gasteiger partial charge in [-0.15, -0.1) is 0 Å². The summed E-state index contributed by atoms with van der Waals surface area (Å²) in [4.78, 5) is 11.7. The lowest BCUT2D eigenvalue weighted by Crippen LogP contribution is -3.00. The Labute approximate surface area is 146 Å². The molecule has 0 N–H and O–H groups in total. The Morgan fingerprint density at radius 3 is 2.26 bits per heavy atom. The molecule has 0 unspecified atom stereocenters. The lowest BCUT2D eigenvalue weighted by molar-refractivity contribution is -0.870. The van der Waals surface area contributed by atoms with Crippen molar-refractivity contribution in [3.63, 3.8) is 0 Å². The quantitative estimate of drug-likeness (QED) is 0.243. The summed E-state index contributed by atoms with van der Waals surface area (Å²) >= 11 is 2.21. The molecule has 0 aromatic heterocycles. The Bertz CT molecular complexity index is 385. The van der Waals surface area contributed by atoms with Crippen LogP contribution in [0.4, 0.5) is 0 Å². The van der Waals surface area contributed by atoms with Crippen LogP contribution in [-0.2, 0) is 4.74 Å². The summed E-state index contributed by atoms with van der Waals surface area (Å²) in [6.45, 7) is 1.60. The fourth-order valence-electron chi connectivity index (χ4n) is 1.52. The number of nitrogens with zero attached hydrogens (tertiary/aromatic N) is 1. The minimum Gasteiger partial charge on any atom is -1.00 e. The third-order valence-electron chi connectivity index (χ3n) is 2.54. The van der Waals surface area contributed by atoms with Gasteiger partial charge in [-0.3, -0.25) is 0 Å². The Kier molecular flexibility index (Phi) is 9.17. The summed E-state index contributed by atoms with van der Waals surface area (Å²) in [6.07, 6.45) is 2.00. The van der Waals surface area contributed by atoms with Crippen molar-refractivity contribution in [3.8, 4) is 0 Å². The Morgan fingerprint density at radius 2 is 1.74 bits per heavy atom. The van der Waals surface area contributed by atoms with Gasteiger partial charge in [0.1, 0.15) is 0 Å². The lowest BCUT2D eigenvalue weighted by atomic mass is 10.2. The summed E-state index contributed by atoms with van der Waals surface area (Å²) in [5.74, 6) is -0.225. The highest BCUT2D eigenvalue weighted by Crippen LogP contribution is 2.08. The normalized spacial score (nSPS) is 10.7. The van der Waals surface area contributed by atoms with Crippen LogP contribution in [0.5, 0.6) is 0 Å². The van der Waals surface area contributed by atoms with Gasteiger partial charge >= 0.3 is 5.97 Å². The molecular weight excluding hydrogens is 468 g/mol. The standard InChI is InChI=1S/C14H21INO2.HI/c1-16(2,3)10-4-5-11-18-14(17)12-6-8-13(15)9-7-12;/h6-9H,4-5,10-11H2,1-3H3;1H/q+1;/p-1. The van der Waals surface area contributed by atoms with E-state index in [-0.39, 0.29) is 29.9 Å². The minimum absolute atomic E-state index is 0. The Balaban J connectivity index is 0.00000324. The summed E-state index contributed by atoms with van der Waals surface area (Å²) < 4.78 is 7.30. The maximum Gasteiger partial charge on any atom is 0.338 e. The van der Waals surface area contributed by atoms with Crippen molar-refractivity contribution in [2.24, 2.45) is 0 Å². The zero-order valence-electron chi connectivity index (χ0n) is 11.7. The number of halogens is 2. The van der Waals surface area contributed by atoms with Crippen LogP contribution in [0.25, 0.3) is 0 Å². The monoisotopic (exact) mass is 489 g/mol. The van der Waals surface area contributed by atoms with Crippen LogP contribution in [0.15, 0.2) is 24.3 Å². The molecule has 0 amide bonds. The van der Waals surface area contributed by atoms with Gasteiger partial charge in [-0.2, -0.15) is 0 Å². The first-order valence-corrected chi connectivity index (χ1v) is 7.19. The zero-order chi connectivity index (χ0) is 13.6. The molecule has 0 saturated heterocycles. The van der Waals surface area contributed by atoms with Crippen molar-refractivity contribution in [2.75, 3.05) is 34.3 Å². The number of hydrogen-bond acceptors (Lipinski definition) is 2. The van der Waals surface area contributed by atoms with Gasteiger partial charge in [0.15, 0.2) is 0 Å². The second kappa shape index (κ2) is 9.12. The van der Waals surface area contributed by atoms with Crippen LogP contribution in [0, 0.1) is 3.57 Å². The summed E-state index contributed by atoms with van der Waals surface area (Å²) in [7, 11) is 6.49. The van der Waals surface area contributed by atoms with Crippen molar-refractivity contribution in [2.45, 2.75) is 12.8 Å². The van der Waals surface area contributed by atoms with Crippen molar-refractivity contribution >= 4 is 28.6 Å². The average molecular weight is 489 g/mol. The Hall–Kier alpha value is 0.110. The van der Waals surface area contributed by atoms with Crippen molar-refractivity contribution in [1.29, 1.82) is 0 Å². The highest BCUT2D eigenvalue weighted by Gasteiger charge is 2.08. The molecule has 1 aromatic rings. The van der Waals surface area contributed by atoms with Crippen molar-refractivity contribution < 1.29 is 38.0 Å². The molecule has 1 aromatic carbocycles. The predicted octanol–water partition coefficient (Wildman–Crippen LogP) is -0.0616. The van der Waals surface area contributed by atoms with E-state index in [0.29, 0.717) is 12.2 Å². The molecule has 0 atom stereocenters. The molecule has 0 aliphatic heterocycles. The molecule has 0 saturated carbocycles. The predicted molar refractivity (Wildman–Crippen MR) is 81.6 cm³/mol. The van der Waals surface area contributed by atoms with E-state index in [4.69, 9.17) is 4.74 Å². The van der Waals surface area contributed by atoms with Gasteiger partial charge in [-0.05, 0) is 59.7 Å². The van der Waals surface area contributed by atoms with Gasteiger partial charge in [0.2, 0.25) is 0 Å². The van der Waals surface area contributed by atoms with E-state index in [2.05, 4.69) is 43.7 Å². The van der Waals surface area contributed by atoms with Crippen LogP contribution in [0.3, 0.4) is 0 Å². The molecule has 3 nitrogen and oxygen atoms in total. The van der Waals surface area contributed by atoms with Gasteiger partial charge in [0, 0.05) is 3.57 Å². The van der Waals surface area contributed by atoms with E-state index >= 15 is 0 Å². The molecule has 108 valence electrons. The molecule has 0 aliphatic rings. The number of benzene rings is 1. The van der Waals surface area contributed by atoms with Crippen molar-refractivity contribution in [3.05, 3.63) is 33.4 Å². The van der Waals surface area contributed by atoms with E-state index in [1.807, 2.05) is 12.1 Å². The van der Waals surface area contributed by atoms with Crippen LogP contribution >= 0.6 is 22.6 Å². The zero-order valence-corrected chi connectivity index (χ0v) is 16.0. The molecule has 0 aliphatic carbocycles. The molecule has 0 spiro atoms. The molecule has 0 radical (unpaired) electrons. The number of hydrogen-bond donors (Lipinski definition) is 0. The molecule has 1 rings (SSSR count). The number of esters is 1. The third-order valence-corrected chi connectivity index (χ3v) is 3.26. The first kappa shape index (κ1) is 19.1. The van der Waals surface area contributed by atoms with E-state index in [1.165, 1.54) is 0 Å². The third kappa shape index (κ3) is 8.80. The highest BCUT2D eigenvalue weighted by molar-refractivity contribution is 14.1. The number of unbranched alkanes of at least 4 members (excludes halogenated alkanes) is 1. The molecule has 5 heteroatoms. The smallest absolute Gasteiger partial charge is 0.338 e. The minimum atomic E-state index is -0.225. The second-order valence-corrected chi connectivity index (χ2v) is 6.61. The van der Waals surface area contributed by atoms with Gasteiger partial charge in [-0.25, -0.2) is 4.79 Å². The molecule has 0 bridgehead atoms. The maximum atomic E-state index is 11.7. The first-order chi connectivity index (χ1) is 8.38. The fraction of sp³-hybridized carbons (Fsp3) is 0.500.